The Hall–Kier alpha value is -1.02. The number of piperidine rings is 1. The van der Waals surface area contributed by atoms with Gasteiger partial charge >= 0.3 is 0 Å². The van der Waals surface area contributed by atoms with Gasteiger partial charge in [-0.15, -0.1) is 0 Å². The van der Waals surface area contributed by atoms with Gasteiger partial charge < -0.3 is 5.73 Å². The second-order valence-corrected chi connectivity index (χ2v) is 7.20. The lowest BCUT2D eigenvalue weighted by Crippen LogP contribution is -2.47. The van der Waals surface area contributed by atoms with Crippen LogP contribution in [0.3, 0.4) is 0 Å². The van der Waals surface area contributed by atoms with E-state index in [4.69, 9.17) is 5.73 Å². The first kappa shape index (κ1) is 16.4. The molecule has 1 aromatic rings. The molecule has 1 aliphatic heterocycles. The van der Waals surface area contributed by atoms with Crippen LogP contribution in [-0.4, -0.2) is 32.4 Å². The average molecular weight is 315 g/mol. The number of halogens is 1. The standard InChI is InChI=1S/C14H22FN3O2S/c1-11(13-5-2-6-14(15)8-13)17-21(19,20)18-7-3-4-12(9-16)10-18/h2,5-6,8,11-12,17H,3-4,7,9-10,16H2,1H3. The molecular weight excluding hydrogens is 293 g/mol. The Morgan fingerprint density at radius 3 is 2.95 bits per heavy atom. The van der Waals surface area contributed by atoms with Crippen molar-refractivity contribution in [2.45, 2.75) is 25.8 Å². The number of hydrogen-bond donors (Lipinski definition) is 2. The predicted molar refractivity (Wildman–Crippen MR) is 80.2 cm³/mol. The van der Waals surface area contributed by atoms with Gasteiger partial charge in [0, 0.05) is 19.1 Å². The van der Waals surface area contributed by atoms with E-state index in [0.717, 1.165) is 12.8 Å². The maximum atomic E-state index is 13.2. The highest BCUT2D eigenvalue weighted by atomic mass is 32.2. The summed E-state index contributed by atoms with van der Waals surface area (Å²) in [5, 5.41) is 0. The first-order chi connectivity index (χ1) is 9.92. The molecule has 1 fully saturated rings. The summed E-state index contributed by atoms with van der Waals surface area (Å²) in [5.74, 6) is -0.167. The van der Waals surface area contributed by atoms with E-state index in [1.807, 2.05) is 0 Å². The summed E-state index contributed by atoms with van der Waals surface area (Å²) in [6.07, 6.45) is 1.78. The van der Waals surface area contributed by atoms with Crippen LogP contribution in [-0.2, 0) is 10.2 Å². The number of benzene rings is 1. The van der Waals surface area contributed by atoms with Gasteiger partial charge in [-0.2, -0.15) is 17.4 Å². The molecule has 2 atom stereocenters. The highest BCUT2D eigenvalue weighted by Gasteiger charge is 2.29. The highest BCUT2D eigenvalue weighted by molar-refractivity contribution is 7.87. The van der Waals surface area contributed by atoms with Crippen LogP contribution in [0.2, 0.25) is 0 Å². The van der Waals surface area contributed by atoms with E-state index in [1.54, 1.807) is 19.1 Å². The third-order valence-electron chi connectivity index (χ3n) is 3.83. The lowest BCUT2D eigenvalue weighted by Gasteiger charge is -2.32. The van der Waals surface area contributed by atoms with Gasteiger partial charge in [0.15, 0.2) is 0 Å². The molecular formula is C14H22FN3O2S. The zero-order chi connectivity index (χ0) is 15.5. The second-order valence-electron chi connectivity index (χ2n) is 5.50. The molecule has 7 heteroatoms. The van der Waals surface area contributed by atoms with Crippen LogP contribution in [0.4, 0.5) is 4.39 Å². The summed E-state index contributed by atoms with van der Waals surface area (Å²) < 4.78 is 42.0. The van der Waals surface area contributed by atoms with Crippen molar-refractivity contribution < 1.29 is 12.8 Å². The topological polar surface area (TPSA) is 75.4 Å². The summed E-state index contributed by atoms with van der Waals surface area (Å²) in [7, 11) is -3.58. The molecule has 2 unspecified atom stereocenters. The van der Waals surface area contributed by atoms with E-state index >= 15 is 0 Å². The Labute approximate surface area is 125 Å². The lowest BCUT2D eigenvalue weighted by atomic mass is 10.0. The molecule has 0 aliphatic carbocycles. The Balaban J connectivity index is 2.06. The minimum absolute atomic E-state index is 0.208. The first-order valence-corrected chi connectivity index (χ1v) is 8.59. The number of nitrogens with zero attached hydrogens (tertiary/aromatic N) is 1. The SMILES string of the molecule is CC(NS(=O)(=O)N1CCCC(CN)C1)c1cccc(F)c1. The summed E-state index contributed by atoms with van der Waals surface area (Å²) in [5.41, 5.74) is 6.24. The molecule has 1 aromatic carbocycles. The molecule has 0 amide bonds. The van der Waals surface area contributed by atoms with Crippen molar-refractivity contribution in [3.05, 3.63) is 35.6 Å². The van der Waals surface area contributed by atoms with Gasteiger partial charge in [0.25, 0.3) is 10.2 Å². The number of nitrogens with two attached hydrogens (primary N) is 1. The molecule has 118 valence electrons. The Kier molecular flexibility index (Phi) is 5.32. The molecule has 0 bridgehead atoms. The third kappa shape index (κ3) is 4.23. The number of rotatable bonds is 5. The molecule has 0 saturated carbocycles. The highest BCUT2D eigenvalue weighted by Crippen LogP contribution is 2.20. The van der Waals surface area contributed by atoms with Crippen molar-refractivity contribution in [3.63, 3.8) is 0 Å². The van der Waals surface area contributed by atoms with Crippen LogP contribution in [0.15, 0.2) is 24.3 Å². The molecule has 1 aliphatic rings. The largest absolute Gasteiger partial charge is 0.330 e. The van der Waals surface area contributed by atoms with E-state index in [-0.39, 0.29) is 11.7 Å². The predicted octanol–water partition coefficient (Wildman–Crippen LogP) is 1.39. The smallest absolute Gasteiger partial charge is 0.280 e. The number of hydrogen-bond acceptors (Lipinski definition) is 3. The summed E-state index contributed by atoms with van der Waals surface area (Å²) in [4.78, 5) is 0. The fourth-order valence-corrected chi connectivity index (χ4v) is 4.09. The molecule has 0 radical (unpaired) electrons. The minimum atomic E-state index is -3.58. The zero-order valence-corrected chi connectivity index (χ0v) is 12.9. The van der Waals surface area contributed by atoms with Gasteiger partial charge in [-0.1, -0.05) is 12.1 Å². The Morgan fingerprint density at radius 2 is 2.29 bits per heavy atom. The molecule has 1 heterocycles. The van der Waals surface area contributed by atoms with Crippen molar-refractivity contribution in [1.82, 2.24) is 9.03 Å². The second kappa shape index (κ2) is 6.83. The lowest BCUT2D eigenvalue weighted by molar-refractivity contribution is 0.267. The molecule has 0 aromatic heterocycles. The van der Waals surface area contributed by atoms with Gasteiger partial charge in [0.2, 0.25) is 0 Å². The molecule has 3 N–H and O–H groups in total. The van der Waals surface area contributed by atoms with Crippen LogP contribution in [0.5, 0.6) is 0 Å². The maximum absolute atomic E-state index is 13.2. The Bertz CT molecular complexity index is 579. The summed E-state index contributed by atoms with van der Waals surface area (Å²) in [6, 6.07) is 5.47. The van der Waals surface area contributed by atoms with Gasteiger partial charge in [-0.25, -0.2) is 4.39 Å². The van der Waals surface area contributed by atoms with E-state index < -0.39 is 16.3 Å². The van der Waals surface area contributed by atoms with Gasteiger partial charge in [-0.05, 0) is 49.9 Å². The van der Waals surface area contributed by atoms with Crippen LogP contribution in [0.25, 0.3) is 0 Å². The van der Waals surface area contributed by atoms with Crippen molar-refractivity contribution >= 4 is 10.2 Å². The van der Waals surface area contributed by atoms with E-state index in [2.05, 4.69) is 4.72 Å². The minimum Gasteiger partial charge on any atom is -0.330 e. The molecule has 1 saturated heterocycles. The van der Waals surface area contributed by atoms with Crippen molar-refractivity contribution in [1.29, 1.82) is 0 Å². The fourth-order valence-electron chi connectivity index (χ4n) is 2.58. The Morgan fingerprint density at radius 1 is 1.52 bits per heavy atom. The van der Waals surface area contributed by atoms with Crippen LogP contribution in [0.1, 0.15) is 31.4 Å². The van der Waals surface area contributed by atoms with E-state index in [9.17, 15) is 12.8 Å². The molecule has 2 rings (SSSR count). The van der Waals surface area contributed by atoms with Crippen LogP contribution >= 0.6 is 0 Å². The van der Waals surface area contributed by atoms with Crippen molar-refractivity contribution in [2.24, 2.45) is 11.7 Å². The fraction of sp³-hybridized carbons (Fsp3) is 0.571. The third-order valence-corrected chi connectivity index (χ3v) is 5.49. The van der Waals surface area contributed by atoms with E-state index in [0.29, 0.717) is 25.2 Å². The maximum Gasteiger partial charge on any atom is 0.280 e. The van der Waals surface area contributed by atoms with Crippen molar-refractivity contribution in [3.8, 4) is 0 Å². The van der Waals surface area contributed by atoms with Gasteiger partial charge in [-0.3, -0.25) is 0 Å². The van der Waals surface area contributed by atoms with Gasteiger partial charge in [0.05, 0.1) is 0 Å². The molecule has 5 nitrogen and oxygen atoms in total. The van der Waals surface area contributed by atoms with Crippen molar-refractivity contribution in [2.75, 3.05) is 19.6 Å². The summed E-state index contributed by atoms with van der Waals surface area (Å²) >= 11 is 0. The van der Waals surface area contributed by atoms with Crippen LogP contribution < -0.4 is 10.5 Å². The molecule has 21 heavy (non-hydrogen) atoms. The monoisotopic (exact) mass is 315 g/mol. The first-order valence-electron chi connectivity index (χ1n) is 7.15. The quantitative estimate of drug-likeness (QED) is 0.862. The average Bonchev–Trinajstić information content (AvgIpc) is 2.47. The molecule has 0 spiro atoms. The van der Waals surface area contributed by atoms with Gasteiger partial charge in [0.1, 0.15) is 5.82 Å². The normalized spacial score (nSPS) is 22.1. The van der Waals surface area contributed by atoms with Crippen LogP contribution in [0, 0.1) is 11.7 Å². The number of nitrogens with one attached hydrogen (secondary N) is 1. The van der Waals surface area contributed by atoms with E-state index in [1.165, 1.54) is 16.4 Å². The zero-order valence-electron chi connectivity index (χ0n) is 12.1. The summed E-state index contributed by atoms with van der Waals surface area (Å²) in [6.45, 7) is 3.14.